The number of hydrazine groups is 1. The van der Waals surface area contributed by atoms with E-state index in [4.69, 9.17) is 0 Å². The van der Waals surface area contributed by atoms with Gasteiger partial charge in [-0.1, -0.05) is 13.0 Å². The molecule has 1 rings (SSSR count). The van der Waals surface area contributed by atoms with E-state index in [-0.39, 0.29) is 5.91 Å². The zero-order chi connectivity index (χ0) is 9.68. The van der Waals surface area contributed by atoms with E-state index < -0.39 is 0 Å². The van der Waals surface area contributed by atoms with Crippen molar-refractivity contribution in [3.05, 3.63) is 30.1 Å². The van der Waals surface area contributed by atoms with Crippen LogP contribution in [0.1, 0.15) is 17.4 Å². The molecule has 0 atom stereocenters. The molecule has 0 fully saturated rings. The first-order valence-electron chi connectivity index (χ1n) is 4.17. The summed E-state index contributed by atoms with van der Waals surface area (Å²) in [6, 6.07) is 5.24. The minimum absolute atomic E-state index is 0.176. The molecule has 0 radical (unpaired) electrons. The van der Waals surface area contributed by atoms with Crippen LogP contribution in [-0.4, -0.2) is 29.5 Å². The van der Waals surface area contributed by atoms with E-state index in [0.29, 0.717) is 5.69 Å². The standard InChI is InChI=1S/C9H13N3O/c1-3-12(2)11-9(13)8-6-4-5-7-10-8/h4-7H,3H2,1-2H3,(H,11,13). The summed E-state index contributed by atoms with van der Waals surface area (Å²) in [5, 5.41) is 1.71. The van der Waals surface area contributed by atoms with Crippen molar-refractivity contribution >= 4 is 5.91 Å². The van der Waals surface area contributed by atoms with Gasteiger partial charge in [0.25, 0.3) is 5.91 Å². The molecule has 0 spiro atoms. The minimum Gasteiger partial charge on any atom is -0.284 e. The molecular weight excluding hydrogens is 166 g/mol. The molecule has 0 aromatic carbocycles. The van der Waals surface area contributed by atoms with Gasteiger partial charge in [0.1, 0.15) is 5.69 Å². The molecule has 0 aliphatic rings. The minimum atomic E-state index is -0.176. The summed E-state index contributed by atoms with van der Waals surface area (Å²) in [4.78, 5) is 15.3. The van der Waals surface area contributed by atoms with Gasteiger partial charge in [-0.2, -0.15) is 0 Å². The predicted molar refractivity (Wildman–Crippen MR) is 50.0 cm³/mol. The van der Waals surface area contributed by atoms with Crippen molar-refractivity contribution in [2.24, 2.45) is 0 Å². The highest BCUT2D eigenvalue weighted by Crippen LogP contribution is 1.92. The van der Waals surface area contributed by atoms with Gasteiger partial charge in [-0.15, -0.1) is 0 Å². The second-order valence-electron chi connectivity index (χ2n) is 2.67. The van der Waals surface area contributed by atoms with Crippen LogP contribution in [0.2, 0.25) is 0 Å². The average Bonchev–Trinajstić information content (AvgIpc) is 2.19. The van der Waals surface area contributed by atoms with Gasteiger partial charge in [-0.05, 0) is 12.1 Å². The molecule has 0 unspecified atom stereocenters. The predicted octanol–water partition coefficient (Wildman–Crippen LogP) is 0.678. The third-order valence-corrected chi connectivity index (χ3v) is 1.66. The van der Waals surface area contributed by atoms with Gasteiger partial charge in [0.15, 0.2) is 0 Å². The summed E-state index contributed by atoms with van der Waals surface area (Å²) in [6.45, 7) is 2.72. The van der Waals surface area contributed by atoms with E-state index in [2.05, 4.69) is 10.4 Å². The van der Waals surface area contributed by atoms with Crippen molar-refractivity contribution in [3.8, 4) is 0 Å². The maximum Gasteiger partial charge on any atom is 0.284 e. The Balaban J connectivity index is 2.59. The van der Waals surface area contributed by atoms with E-state index >= 15 is 0 Å². The number of amides is 1. The molecule has 0 aliphatic heterocycles. The highest BCUT2D eigenvalue weighted by molar-refractivity contribution is 5.91. The maximum absolute atomic E-state index is 11.4. The number of carbonyl (C=O) groups excluding carboxylic acids is 1. The SMILES string of the molecule is CCN(C)NC(=O)c1ccccn1. The van der Waals surface area contributed by atoms with Gasteiger partial charge < -0.3 is 0 Å². The lowest BCUT2D eigenvalue weighted by Gasteiger charge is -2.14. The van der Waals surface area contributed by atoms with Crippen molar-refractivity contribution in [1.82, 2.24) is 15.4 Å². The van der Waals surface area contributed by atoms with Crippen molar-refractivity contribution in [2.45, 2.75) is 6.92 Å². The second-order valence-corrected chi connectivity index (χ2v) is 2.67. The van der Waals surface area contributed by atoms with E-state index in [9.17, 15) is 4.79 Å². The average molecular weight is 179 g/mol. The Bertz CT molecular complexity index is 273. The molecule has 70 valence electrons. The summed E-state index contributed by atoms with van der Waals surface area (Å²) >= 11 is 0. The summed E-state index contributed by atoms with van der Waals surface area (Å²) in [5.41, 5.74) is 3.11. The molecule has 4 heteroatoms. The van der Waals surface area contributed by atoms with Crippen LogP contribution < -0.4 is 5.43 Å². The van der Waals surface area contributed by atoms with Crippen LogP contribution in [0, 0.1) is 0 Å². The molecule has 1 aromatic heterocycles. The quantitative estimate of drug-likeness (QED) is 0.694. The number of pyridine rings is 1. The molecule has 0 aliphatic carbocycles. The van der Waals surface area contributed by atoms with Crippen LogP contribution in [0.3, 0.4) is 0 Å². The Morgan fingerprint density at radius 1 is 1.62 bits per heavy atom. The zero-order valence-corrected chi connectivity index (χ0v) is 7.82. The third kappa shape index (κ3) is 2.83. The largest absolute Gasteiger partial charge is 0.284 e. The van der Waals surface area contributed by atoms with Crippen LogP contribution in [0.4, 0.5) is 0 Å². The van der Waals surface area contributed by atoms with Gasteiger partial charge in [-0.3, -0.25) is 15.2 Å². The number of hydrogen-bond donors (Lipinski definition) is 1. The maximum atomic E-state index is 11.4. The molecule has 1 N–H and O–H groups in total. The smallest absolute Gasteiger partial charge is 0.284 e. The van der Waals surface area contributed by atoms with Crippen LogP contribution in [0.15, 0.2) is 24.4 Å². The molecule has 1 amide bonds. The molecule has 13 heavy (non-hydrogen) atoms. The lowest BCUT2D eigenvalue weighted by molar-refractivity contribution is 0.0829. The number of aromatic nitrogens is 1. The van der Waals surface area contributed by atoms with Crippen LogP contribution in [-0.2, 0) is 0 Å². The molecule has 0 saturated heterocycles. The molecular formula is C9H13N3O. The van der Waals surface area contributed by atoms with Crippen molar-refractivity contribution in [1.29, 1.82) is 0 Å². The number of nitrogens with zero attached hydrogens (tertiary/aromatic N) is 2. The van der Waals surface area contributed by atoms with Gasteiger partial charge in [0.05, 0.1) is 0 Å². The van der Waals surface area contributed by atoms with E-state index in [1.54, 1.807) is 36.5 Å². The number of nitrogens with one attached hydrogen (secondary N) is 1. The number of hydrogen-bond acceptors (Lipinski definition) is 3. The Morgan fingerprint density at radius 2 is 2.38 bits per heavy atom. The fourth-order valence-corrected chi connectivity index (χ4v) is 0.807. The summed E-state index contributed by atoms with van der Waals surface area (Å²) in [6.07, 6.45) is 1.60. The number of carbonyl (C=O) groups is 1. The molecule has 1 aromatic rings. The molecule has 1 heterocycles. The van der Waals surface area contributed by atoms with Gasteiger partial charge in [0, 0.05) is 19.8 Å². The third-order valence-electron chi connectivity index (χ3n) is 1.66. The summed E-state index contributed by atoms with van der Waals surface area (Å²) in [5.74, 6) is -0.176. The first kappa shape index (κ1) is 9.67. The zero-order valence-electron chi connectivity index (χ0n) is 7.82. The Morgan fingerprint density at radius 3 is 2.92 bits per heavy atom. The van der Waals surface area contributed by atoms with E-state index in [1.165, 1.54) is 0 Å². The highest BCUT2D eigenvalue weighted by atomic mass is 16.2. The van der Waals surface area contributed by atoms with Gasteiger partial charge in [0.2, 0.25) is 0 Å². The lowest BCUT2D eigenvalue weighted by atomic mass is 10.3. The molecule has 4 nitrogen and oxygen atoms in total. The molecule has 0 saturated carbocycles. The first-order chi connectivity index (χ1) is 6.24. The Kier molecular flexibility index (Phi) is 3.40. The van der Waals surface area contributed by atoms with Crippen LogP contribution in [0.25, 0.3) is 0 Å². The van der Waals surface area contributed by atoms with Crippen molar-refractivity contribution in [2.75, 3.05) is 13.6 Å². The van der Waals surface area contributed by atoms with Gasteiger partial charge >= 0.3 is 0 Å². The fourth-order valence-electron chi connectivity index (χ4n) is 0.807. The highest BCUT2D eigenvalue weighted by Gasteiger charge is 2.06. The summed E-state index contributed by atoms with van der Waals surface area (Å²) in [7, 11) is 1.81. The van der Waals surface area contributed by atoms with Crippen LogP contribution >= 0.6 is 0 Å². The summed E-state index contributed by atoms with van der Waals surface area (Å²) < 4.78 is 0. The lowest BCUT2D eigenvalue weighted by Crippen LogP contribution is -2.39. The van der Waals surface area contributed by atoms with Gasteiger partial charge in [-0.25, -0.2) is 5.01 Å². The van der Waals surface area contributed by atoms with E-state index in [0.717, 1.165) is 6.54 Å². The fraction of sp³-hybridized carbons (Fsp3) is 0.333. The van der Waals surface area contributed by atoms with Crippen molar-refractivity contribution < 1.29 is 4.79 Å². The Labute approximate surface area is 77.6 Å². The Hall–Kier alpha value is -1.42. The first-order valence-corrected chi connectivity index (χ1v) is 4.17. The molecule has 0 bridgehead atoms. The normalized spacial score (nSPS) is 10.1. The topological polar surface area (TPSA) is 45.2 Å². The second kappa shape index (κ2) is 4.57. The van der Waals surface area contributed by atoms with E-state index in [1.807, 2.05) is 6.92 Å². The van der Waals surface area contributed by atoms with Crippen LogP contribution in [0.5, 0.6) is 0 Å². The van der Waals surface area contributed by atoms with Crippen molar-refractivity contribution in [3.63, 3.8) is 0 Å². The monoisotopic (exact) mass is 179 g/mol. The number of rotatable bonds is 3.